The standard InChI is InChI=1S/C42H40/c1-5-29-20-23-35-36-24-21-30(6-2)27-38(36)41(37(35)26-29)42(32-15-9-7-10-16-32,33-17-11-8-12-18-33)39-25-22-31-14-13-19-34(28(3)4)40(31)39/h7-28,39,41H,5-6H2,1-4H3. The maximum absolute atomic E-state index is 2.53. The lowest BCUT2D eigenvalue weighted by molar-refractivity contribution is 0.414. The van der Waals surface area contributed by atoms with Crippen LogP contribution in [0.25, 0.3) is 17.2 Å². The van der Waals surface area contributed by atoms with Crippen molar-refractivity contribution < 1.29 is 0 Å². The molecule has 0 heteroatoms. The summed E-state index contributed by atoms with van der Waals surface area (Å²) in [6.07, 6.45) is 6.99. The summed E-state index contributed by atoms with van der Waals surface area (Å²) in [5.41, 5.74) is 15.3. The van der Waals surface area contributed by atoms with E-state index in [0.717, 1.165) is 12.8 Å². The Morgan fingerprint density at radius 2 is 1.17 bits per heavy atom. The Balaban J connectivity index is 1.65. The third-order valence-corrected chi connectivity index (χ3v) is 9.98. The molecule has 5 aromatic rings. The van der Waals surface area contributed by atoms with E-state index in [4.69, 9.17) is 0 Å². The Morgan fingerprint density at radius 3 is 1.67 bits per heavy atom. The third kappa shape index (κ3) is 3.96. The highest BCUT2D eigenvalue weighted by atomic mass is 14.5. The van der Waals surface area contributed by atoms with Crippen molar-refractivity contribution in [1.29, 1.82) is 0 Å². The molecule has 2 aliphatic rings. The molecule has 0 spiro atoms. The van der Waals surface area contributed by atoms with Gasteiger partial charge < -0.3 is 0 Å². The van der Waals surface area contributed by atoms with E-state index in [1.54, 1.807) is 0 Å². The van der Waals surface area contributed by atoms with Crippen LogP contribution in [0.2, 0.25) is 0 Å². The Bertz CT molecular complexity index is 1680. The molecule has 2 aliphatic carbocycles. The molecule has 1 unspecified atom stereocenters. The van der Waals surface area contributed by atoms with Gasteiger partial charge in [-0.1, -0.05) is 155 Å². The fourth-order valence-corrected chi connectivity index (χ4v) is 8.04. The zero-order valence-corrected chi connectivity index (χ0v) is 25.3. The molecule has 0 saturated carbocycles. The number of hydrogen-bond donors (Lipinski definition) is 0. The topological polar surface area (TPSA) is 0 Å². The van der Waals surface area contributed by atoms with Crippen LogP contribution in [0.15, 0.2) is 121 Å². The Hall–Kier alpha value is -4.16. The number of allylic oxidation sites excluding steroid dienone is 1. The minimum Gasteiger partial charge on any atom is -0.0751 e. The van der Waals surface area contributed by atoms with Gasteiger partial charge >= 0.3 is 0 Å². The molecule has 5 aromatic carbocycles. The molecule has 42 heavy (non-hydrogen) atoms. The predicted molar refractivity (Wildman–Crippen MR) is 178 cm³/mol. The summed E-state index contributed by atoms with van der Waals surface area (Å²) in [5.74, 6) is 0.773. The first-order chi connectivity index (χ1) is 20.6. The number of aryl methyl sites for hydroxylation is 2. The van der Waals surface area contributed by atoms with E-state index in [1.165, 1.54) is 61.2 Å². The van der Waals surface area contributed by atoms with Gasteiger partial charge in [0.1, 0.15) is 0 Å². The van der Waals surface area contributed by atoms with Gasteiger partial charge in [0.05, 0.1) is 0 Å². The number of benzene rings is 5. The summed E-state index contributed by atoms with van der Waals surface area (Å²) in [6, 6.07) is 44.3. The Labute approximate surface area is 251 Å². The number of rotatable bonds is 7. The summed E-state index contributed by atoms with van der Waals surface area (Å²) in [4.78, 5) is 0. The van der Waals surface area contributed by atoms with Gasteiger partial charge in [-0.2, -0.15) is 0 Å². The van der Waals surface area contributed by atoms with E-state index in [-0.39, 0.29) is 17.3 Å². The van der Waals surface area contributed by atoms with Gasteiger partial charge in [0.2, 0.25) is 0 Å². The van der Waals surface area contributed by atoms with Crippen LogP contribution in [0, 0.1) is 0 Å². The molecule has 0 amide bonds. The first kappa shape index (κ1) is 26.7. The molecule has 1 atom stereocenters. The molecule has 208 valence electrons. The minimum absolute atomic E-state index is 0.158. The van der Waals surface area contributed by atoms with Crippen LogP contribution in [0.4, 0.5) is 0 Å². The quantitative estimate of drug-likeness (QED) is 0.191. The van der Waals surface area contributed by atoms with Crippen molar-refractivity contribution >= 4 is 6.08 Å². The molecule has 0 nitrogen and oxygen atoms in total. The van der Waals surface area contributed by atoms with Crippen LogP contribution in [-0.2, 0) is 18.3 Å². The Kier molecular flexibility index (Phi) is 6.74. The van der Waals surface area contributed by atoms with E-state index in [0.29, 0.717) is 5.92 Å². The van der Waals surface area contributed by atoms with Crippen LogP contribution in [-0.4, -0.2) is 0 Å². The largest absolute Gasteiger partial charge is 0.0751 e. The van der Waals surface area contributed by atoms with Crippen molar-refractivity contribution in [3.05, 3.63) is 171 Å². The van der Waals surface area contributed by atoms with Crippen LogP contribution in [0.5, 0.6) is 0 Å². The molecule has 0 saturated heterocycles. The second-order valence-electron chi connectivity index (χ2n) is 12.4. The van der Waals surface area contributed by atoms with Gasteiger partial charge in [0.25, 0.3) is 0 Å². The fraction of sp³-hybridized carbons (Fsp3) is 0.238. The average molecular weight is 545 g/mol. The maximum atomic E-state index is 2.53. The van der Waals surface area contributed by atoms with E-state index >= 15 is 0 Å². The summed E-state index contributed by atoms with van der Waals surface area (Å²) in [7, 11) is 0. The SMILES string of the molecule is CCc1ccc2c(c1)C(C(c1ccccc1)(c1ccccc1)C1C=Cc3cccc(C(C)C)c31)c1cc(CC)ccc1-2. The normalized spacial score (nSPS) is 15.6. The molecular formula is C42H40. The third-order valence-electron chi connectivity index (χ3n) is 9.98. The molecule has 0 N–H and O–H groups in total. The van der Waals surface area contributed by atoms with Crippen molar-refractivity contribution in [3.63, 3.8) is 0 Å². The van der Waals surface area contributed by atoms with Crippen LogP contribution >= 0.6 is 0 Å². The molecule has 0 radical (unpaired) electrons. The lowest BCUT2D eigenvalue weighted by Crippen LogP contribution is -2.40. The highest BCUT2D eigenvalue weighted by molar-refractivity contribution is 5.82. The van der Waals surface area contributed by atoms with Crippen molar-refractivity contribution in [1.82, 2.24) is 0 Å². The number of fused-ring (bicyclic) bond motifs is 4. The van der Waals surface area contributed by atoms with Gasteiger partial charge in [0, 0.05) is 17.3 Å². The molecule has 0 aliphatic heterocycles. The predicted octanol–water partition coefficient (Wildman–Crippen LogP) is 10.8. The van der Waals surface area contributed by atoms with E-state index in [2.05, 4.69) is 155 Å². The first-order valence-electron chi connectivity index (χ1n) is 15.8. The van der Waals surface area contributed by atoms with Crippen LogP contribution < -0.4 is 0 Å². The van der Waals surface area contributed by atoms with Gasteiger partial charge in [0.15, 0.2) is 0 Å². The van der Waals surface area contributed by atoms with Gasteiger partial charge in [-0.05, 0) is 80.0 Å². The lowest BCUT2D eigenvalue weighted by Gasteiger charge is -2.47. The monoisotopic (exact) mass is 544 g/mol. The zero-order chi connectivity index (χ0) is 28.8. The zero-order valence-electron chi connectivity index (χ0n) is 25.3. The van der Waals surface area contributed by atoms with Gasteiger partial charge in [-0.3, -0.25) is 0 Å². The van der Waals surface area contributed by atoms with Crippen molar-refractivity contribution in [2.24, 2.45) is 0 Å². The van der Waals surface area contributed by atoms with E-state index in [9.17, 15) is 0 Å². The second kappa shape index (κ2) is 10.6. The molecule has 0 bridgehead atoms. The summed E-state index contributed by atoms with van der Waals surface area (Å²) in [6.45, 7) is 9.25. The lowest BCUT2D eigenvalue weighted by atomic mass is 9.55. The highest BCUT2D eigenvalue weighted by Gasteiger charge is 2.53. The van der Waals surface area contributed by atoms with E-state index in [1.807, 2.05) is 0 Å². The van der Waals surface area contributed by atoms with Gasteiger partial charge in [-0.15, -0.1) is 0 Å². The van der Waals surface area contributed by atoms with Crippen LogP contribution in [0.3, 0.4) is 0 Å². The maximum Gasteiger partial charge on any atom is 0.0415 e. The smallest absolute Gasteiger partial charge is 0.0415 e. The first-order valence-corrected chi connectivity index (χ1v) is 15.8. The van der Waals surface area contributed by atoms with Crippen molar-refractivity contribution in [2.45, 2.75) is 63.7 Å². The summed E-state index contributed by atoms with van der Waals surface area (Å²) >= 11 is 0. The van der Waals surface area contributed by atoms with Crippen LogP contribution in [0.1, 0.15) is 95.5 Å². The summed E-state index contributed by atoms with van der Waals surface area (Å²) in [5, 5.41) is 0. The molecule has 0 heterocycles. The highest BCUT2D eigenvalue weighted by Crippen LogP contribution is 2.63. The number of hydrogen-bond acceptors (Lipinski definition) is 0. The summed E-state index contributed by atoms with van der Waals surface area (Å²) < 4.78 is 0. The molecule has 0 fully saturated rings. The second-order valence-corrected chi connectivity index (χ2v) is 12.4. The van der Waals surface area contributed by atoms with E-state index < -0.39 is 0 Å². The molecule has 7 rings (SSSR count). The van der Waals surface area contributed by atoms with Gasteiger partial charge in [-0.25, -0.2) is 0 Å². The van der Waals surface area contributed by atoms with Crippen molar-refractivity contribution in [3.8, 4) is 11.1 Å². The van der Waals surface area contributed by atoms with Crippen molar-refractivity contribution in [2.75, 3.05) is 0 Å². The molecular weight excluding hydrogens is 504 g/mol. The molecule has 0 aromatic heterocycles. The average Bonchev–Trinajstić information content (AvgIpc) is 3.62. The minimum atomic E-state index is -0.353. The Morgan fingerprint density at radius 1 is 0.619 bits per heavy atom. The fourth-order valence-electron chi connectivity index (χ4n) is 8.04.